The first-order chi connectivity index (χ1) is 13.1. The monoisotopic (exact) mass is 366 g/mol. The number of nitrogens with one attached hydrogen (secondary N) is 1. The molecular weight excluding hydrogens is 340 g/mol. The van der Waals surface area contributed by atoms with Gasteiger partial charge in [0.1, 0.15) is 5.76 Å². The second kappa shape index (κ2) is 7.59. The molecule has 0 unspecified atom stereocenters. The number of hydrogen-bond donors (Lipinski definition) is 1. The average molecular weight is 366 g/mol. The van der Waals surface area contributed by atoms with Crippen LogP contribution in [0.4, 0.5) is 5.69 Å². The van der Waals surface area contributed by atoms with Gasteiger partial charge < -0.3 is 14.6 Å². The largest absolute Gasteiger partial charge is 0.451 e. The molecule has 2 atom stereocenters. The highest BCUT2D eigenvalue weighted by atomic mass is 16.4. The lowest BCUT2D eigenvalue weighted by atomic mass is 9.78. The van der Waals surface area contributed by atoms with Crippen molar-refractivity contribution < 1.29 is 14.0 Å². The third-order valence-electron chi connectivity index (χ3n) is 5.82. The summed E-state index contributed by atoms with van der Waals surface area (Å²) in [4.78, 5) is 26.6. The minimum atomic E-state index is -0.137. The molecule has 142 valence electrons. The minimum absolute atomic E-state index is 0.00476. The van der Waals surface area contributed by atoms with Gasteiger partial charge in [0.15, 0.2) is 5.76 Å². The number of nitrogens with zero attached hydrogens (tertiary/aromatic N) is 1. The molecule has 2 heterocycles. The van der Waals surface area contributed by atoms with Crippen LogP contribution < -0.4 is 5.32 Å². The van der Waals surface area contributed by atoms with Crippen molar-refractivity contribution in [1.82, 2.24) is 4.90 Å². The number of furan rings is 1. The molecule has 2 amide bonds. The van der Waals surface area contributed by atoms with Gasteiger partial charge >= 0.3 is 0 Å². The van der Waals surface area contributed by atoms with E-state index in [0.29, 0.717) is 29.2 Å². The molecule has 1 N–H and O–H groups in total. The Morgan fingerprint density at radius 2 is 1.81 bits per heavy atom. The molecule has 0 radical (unpaired) electrons. The average Bonchev–Trinajstić information content (AvgIpc) is 3.17. The van der Waals surface area contributed by atoms with Crippen LogP contribution in [0.5, 0.6) is 0 Å². The second-order valence-electron chi connectivity index (χ2n) is 7.64. The Bertz CT molecular complexity index is 840. The van der Waals surface area contributed by atoms with Gasteiger partial charge in [-0.05, 0) is 55.9 Å². The molecule has 2 aliphatic rings. The van der Waals surface area contributed by atoms with Crippen LogP contribution in [0.25, 0.3) is 11.3 Å². The normalized spacial score (nSPS) is 22.2. The molecule has 1 aromatic heterocycles. The number of rotatable bonds is 3. The number of amides is 2. The lowest BCUT2D eigenvalue weighted by Gasteiger charge is -2.43. The van der Waals surface area contributed by atoms with Gasteiger partial charge in [0.2, 0.25) is 5.91 Å². The second-order valence-corrected chi connectivity index (χ2v) is 7.64. The molecule has 0 spiro atoms. The Labute approximate surface area is 159 Å². The van der Waals surface area contributed by atoms with Crippen molar-refractivity contribution in [3.05, 3.63) is 42.2 Å². The molecule has 1 aromatic carbocycles. The van der Waals surface area contributed by atoms with Gasteiger partial charge in [-0.2, -0.15) is 0 Å². The predicted molar refractivity (Wildman–Crippen MR) is 104 cm³/mol. The summed E-state index contributed by atoms with van der Waals surface area (Å²) in [5.41, 5.74) is 1.46. The Morgan fingerprint density at radius 3 is 2.67 bits per heavy atom. The summed E-state index contributed by atoms with van der Waals surface area (Å²) in [7, 11) is 0. The zero-order valence-corrected chi connectivity index (χ0v) is 15.7. The van der Waals surface area contributed by atoms with E-state index in [9.17, 15) is 9.59 Å². The van der Waals surface area contributed by atoms with E-state index in [1.165, 1.54) is 32.6 Å². The third kappa shape index (κ3) is 3.64. The number of anilines is 1. The van der Waals surface area contributed by atoms with Crippen molar-refractivity contribution in [1.29, 1.82) is 0 Å². The van der Waals surface area contributed by atoms with Crippen LogP contribution in [0.15, 0.2) is 40.8 Å². The fourth-order valence-corrected chi connectivity index (χ4v) is 4.61. The van der Waals surface area contributed by atoms with Crippen LogP contribution in [-0.2, 0) is 4.79 Å². The van der Waals surface area contributed by atoms with E-state index in [4.69, 9.17) is 4.42 Å². The van der Waals surface area contributed by atoms with Crippen LogP contribution in [0, 0.1) is 5.92 Å². The number of para-hydroxylation sites is 1. The van der Waals surface area contributed by atoms with E-state index < -0.39 is 0 Å². The van der Waals surface area contributed by atoms with Gasteiger partial charge in [-0.15, -0.1) is 0 Å². The zero-order chi connectivity index (χ0) is 18.8. The molecule has 0 bridgehead atoms. The number of piperidine rings is 1. The Hall–Kier alpha value is -2.56. The quantitative estimate of drug-likeness (QED) is 0.856. The summed E-state index contributed by atoms with van der Waals surface area (Å²) in [6.45, 7) is 2.29. The summed E-state index contributed by atoms with van der Waals surface area (Å²) in [5.74, 6) is 1.48. The third-order valence-corrected chi connectivity index (χ3v) is 5.82. The fraction of sp³-hybridized carbons (Fsp3) is 0.455. The molecule has 5 nitrogen and oxygen atoms in total. The van der Waals surface area contributed by atoms with Crippen LogP contribution in [0.2, 0.25) is 0 Å². The van der Waals surface area contributed by atoms with Gasteiger partial charge in [0.25, 0.3) is 5.91 Å². The molecular formula is C22H26N2O3. The first kappa shape index (κ1) is 17.8. The van der Waals surface area contributed by atoms with Gasteiger partial charge in [-0.3, -0.25) is 9.59 Å². The van der Waals surface area contributed by atoms with Gasteiger partial charge in [0, 0.05) is 25.1 Å². The topological polar surface area (TPSA) is 62.6 Å². The van der Waals surface area contributed by atoms with Crippen molar-refractivity contribution in [2.75, 3.05) is 11.9 Å². The van der Waals surface area contributed by atoms with E-state index in [-0.39, 0.29) is 11.8 Å². The predicted octanol–water partition coefficient (Wildman–Crippen LogP) is 4.70. The van der Waals surface area contributed by atoms with E-state index in [0.717, 1.165) is 24.9 Å². The highest BCUT2D eigenvalue weighted by Crippen LogP contribution is 2.36. The van der Waals surface area contributed by atoms with Crippen LogP contribution in [0.3, 0.4) is 0 Å². The first-order valence-electron chi connectivity index (χ1n) is 9.91. The molecule has 5 heteroatoms. The Balaban J connectivity index is 1.57. The number of likely N-dealkylation sites (tertiary alicyclic amines) is 1. The maximum atomic E-state index is 13.1. The SMILES string of the molecule is CC(=O)Nc1ccccc1-c1ccc(C(=O)N2CCC[C@@H]3CCCC[C@@H]32)o1. The lowest BCUT2D eigenvalue weighted by molar-refractivity contribution is -0.114. The lowest BCUT2D eigenvalue weighted by Crippen LogP contribution is -2.49. The molecule has 27 heavy (non-hydrogen) atoms. The number of hydrogen-bond acceptors (Lipinski definition) is 3. The molecule has 1 saturated carbocycles. The van der Waals surface area contributed by atoms with Crippen molar-refractivity contribution in [2.24, 2.45) is 5.92 Å². The smallest absolute Gasteiger partial charge is 0.289 e. The first-order valence-corrected chi connectivity index (χ1v) is 9.91. The maximum Gasteiger partial charge on any atom is 0.289 e. The number of fused-ring (bicyclic) bond motifs is 1. The highest BCUT2D eigenvalue weighted by Gasteiger charge is 2.36. The van der Waals surface area contributed by atoms with E-state index in [1.54, 1.807) is 6.07 Å². The van der Waals surface area contributed by atoms with Crippen LogP contribution in [0.1, 0.15) is 56.0 Å². The summed E-state index contributed by atoms with van der Waals surface area (Å²) in [6.07, 6.45) is 7.15. The van der Waals surface area contributed by atoms with E-state index in [2.05, 4.69) is 5.32 Å². The molecule has 4 rings (SSSR count). The minimum Gasteiger partial charge on any atom is -0.451 e. The van der Waals surface area contributed by atoms with Gasteiger partial charge in [-0.1, -0.05) is 25.0 Å². The number of carbonyl (C=O) groups excluding carboxylic acids is 2. The summed E-state index contributed by atoms with van der Waals surface area (Å²) < 4.78 is 5.94. The number of carbonyl (C=O) groups is 2. The van der Waals surface area contributed by atoms with Crippen molar-refractivity contribution in [3.8, 4) is 11.3 Å². The van der Waals surface area contributed by atoms with Gasteiger partial charge in [-0.25, -0.2) is 0 Å². The fourth-order valence-electron chi connectivity index (χ4n) is 4.61. The molecule has 2 fully saturated rings. The Kier molecular flexibility index (Phi) is 5.01. The van der Waals surface area contributed by atoms with Crippen molar-refractivity contribution in [3.63, 3.8) is 0 Å². The standard InChI is InChI=1S/C22H26N2O3/c1-15(25)23-18-10-4-3-9-17(18)20-12-13-21(27-20)22(26)24-14-6-8-16-7-2-5-11-19(16)24/h3-4,9-10,12-13,16,19H,2,5-8,11,14H2,1H3,(H,23,25)/t16-,19-/m0/s1. The van der Waals surface area contributed by atoms with E-state index >= 15 is 0 Å². The van der Waals surface area contributed by atoms with Gasteiger partial charge in [0.05, 0.1) is 5.69 Å². The molecule has 1 aliphatic carbocycles. The van der Waals surface area contributed by atoms with Crippen LogP contribution in [-0.4, -0.2) is 29.3 Å². The Morgan fingerprint density at radius 1 is 1.04 bits per heavy atom. The van der Waals surface area contributed by atoms with Crippen molar-refractivity contribution >= 4 is 17.5 Å². The molecule has 1 saturated heterocycles. The summed E-state index contributed by atoms with van der Waals surface area (Å²) >= 11 is 0. The summed E-state index contributed by atoms with van der Waals surface area (Å²) in [6, 6.07) is 11.4. The van der Waals surface area contributed by atoms with Crippen molar-refractivity contribution in [2.45, 2.75) is 51.5 Å². The van der Waals surface area contributed by atoms with E-state index in [1.807, 2.05) is 35.2 Å². The maximum absolute atomic E-state index is 13.1. The van der Waals surface area contributed by atoms with Crippen LogP contribution >= 0.6 is 0 Å². The number of benzene rings is 1. The zero-order valence-electron chi connectivity index (χ0n) is 15.7. The molecule has 2 aromatic rings. The highest BCUT2D eigenvalue weighted by molar-refractivity contribution is 5.95. The summed E-state index contributed by atoms with van der Waals surface area (Å²) in [5, 5.41) is 2.82. The molecule has 1 aliphatic heterocycles.